The van der Waals surface area contributed by atoms with E-state index in [4.69, 9.17) is 4.74 Å². The van der Waals surface area contributed by atoms with Gasteiger partial charge >= 0.3 is 6.09 Å². The molecule has 0 aliphatic carbocycles. The molecule has 0 atom stereocenters. The summed E-state index contributed by atoms with van der Waals surface area (Å²) >= 11 is 0. The minimum absolute atomic E-state index is 0.354. The Kier molecular flexibility index (Phi) is 10.1. The maximum atomic E-state index is 11.4. The number of Topliss-reactive ketones (excluding diaryl/α,β-unsaturated/α-hetero) is 1. The van der Waals surface area contributed by atoms with E-state index in [9.17, 15) is 9.59 Å². The molecule has 0 aromatic carbocycles. The lowest BCUT2D eigenvalue weighted by atomic mass is 10.1. The van der Waals surface area contributed by atoms with Gasteiger partial charge in [-0.25, -0.2) is 4.79 Å². The molecular formula is C16H31NO3. The number of unbranched alkanes of at least 4 members (excludes halogenated alkanes) is 4. The lowest BCUT2D eigenvalue weighted by molar-refractivity contribution is -0.119. The molecule has 0 spiro atoms. The molecule has 0 saturated heterocycles. The van der Waals surface area contributed by atoms with Crippen molar-refractivity contribution in [3.63, 3.8) is 0 Å². The van der Waals surface area contributed by atoms with Gasteiger partial charge in [0.15, 0.2) is 0 Å². The summed E-state index contributed by atoms with van der Waals surface area (Å²) in [5.41, 5.74) is -0.442. The predicted octanol–water partition coefficient (Wildman–Crippen LogP) is 4.22. The second-order valence-electron chi connectivity index (χ2n) is 6.24. The van der Waals surface area contributed by atoms with Gasteiger partial charge in [-0.3, -0.25) is 4.79 Å². The van der Waals surface area contributed by atoms with Crippen LogP contribution in [0, 0.1) is 0 Å². The van der Waals surface area contributed by atoms with Crippen LogP contribution in [0.2, 0.25) is 0 Å². The van der Waals surface area contributed by atoms with Gasteiger partial charge in [0.25, 0.3) is 0 Å². The zero-order valence-electron chi connectivity index (χ0n) is 13.6. The third-order valence-corrected chi connectivity index (χ3v) is 2.86. The SMILES string of the molecule is CCCCC(=O)CCCCCCNC(=O)OC(C)(C)C. The van der Waals surface area contributed by atoms with Gasteiger partial charge in [-0.15, -0.1) is 0 Å². The van der Waals surface area contributed by atoms with Gasteiger partial charge in [0.2, 0.25) is 0 Å². The van der Waals surface area contributed by atoms with Crippen LogP contribution in [0.25, 0.3) is 0 Å². The van der Waals surface area contributed by atoms with Crippen LogP contribution in [0.4, 0.5) is 4.79 Å². The number of ketones is 1. The quantitative estimate of drug-likeness (QED) is 0.611. The lowest BCUT2D eigenvalue weighted by Crippen LogP contribution is -2.32. The second kappa shape index (κ2) is 10.7. The Morgan fingerprint density at radius 3 is 2.15 bits per heavy atom. The molecule has 0 aliphatic rings. The molecule has 0 heterocycles. The topological polar surface area (TPSA) is 55.4 Å². The maximum Gasteiger partial charge on any atom is 0.407 e. The second-order valence-corrected chi connectivity index (χ2v) is 6.24. The first kappa shape index (κ1) is 18.9. The number of nitrogens with one attached hydrogen (secondary N) is 1. The highest BCUT2D eigenvalue weighted by molar-refractivity contribution is 5.78. The molecule has 0 saturated carbocycles. The molecule has 20 heavy (non-hydrogen) atoms. The van der Waals surface area contributed by atoms with Crippen molar-refractivity contribution in [2.75, 3.05) is 6.54 Å². The summed E-state index contributed by atoms with van der Waals surface area (Å²) in [7, 11) is 0. The Bertz CT molecular complexity index is 282. The van der Waals surface area contributed by atoms with Crippen LogP contribution in [0.15, 0.2) is 0 Å². The van der Waals surface area contributed by atoms with E-state index >= 15 is 0 Å². The molecule has 118 valence electrons. The van der Waals surface area contributed by atoms with E-state index in [-0.39, 0.29) is 6.09 Å². The van der Waals surface area contributed by atoms with Crippen LogP contribution in [-0.4, -0.2) is 24.0 Å². The zero-order valence-corrected chi connectivity index (χ0v) is 13.6. The molecule has 4 nitrogen and oxygen atoms in total. The monoisotopic (exact) mass is 285 g/mol. The summed E-state index contributed by atoms with van der Waals surface area (Å²) in [6.45, 7) is 8.29. The number of hydrogen-bond donors (Lipinski definition) is 1. The molecule has 1 amide bonds. The molecule has 0 bridgehead atoms. The van der Waals surface area contributed by atoms with Gasteiger partial charge in [-0.2, -0.15) is 0 Å². The number of hydrogen-bond acceptors (Lipinski definition) is 3. The standard InChI is InChI=1S/C16H31NO3/c1-5-6-11-14(18)12-9-7-8-10-13-17-15(19)20-16(2,3)4/h5-13H2,1-4H3,(H,17,19). The third kappa shape index (κ3) is 13.4. The van der Waals surface area contributed by atoms with Crippen molar-refractivity contribution in [3.8, 4) is 0 Å². The fraction of sp³-hybridized carbons (Fsp3) is 0.875. The van der Waals surface area contributed by atoms with E-state index in [1.54, 1.807) is 0 Å². The summed E-state index contributed by atoms with van der Waals surface area (Å²) < 4.78 is 5.14. The predicted molar refractivity (Wildman–Crippen MR) is 81.9 cm³/mol. The van der Waals surface area contributed by atoms with Gasteiger partial charge in [-0.05, 0) is 40.0 Å². The van der Waals surface area contributed by atoms with Crippen molar-refractivity contribution in [2.24, 2.45) is 0 Å². The maximum absolute atomic E-state index is 11.4. The smallest absolute Gasteiger partial charge is 0.407 e. The van der Waals surface area contributed by atoms with Gasteiger partial charge in [0.1, 0.15) is 11.4 Å². The highest BCUT2D eigenvalue weighted by Gasteiger charge is 2.15. The van der Waals surface area contributed by atoms with Crippen molar-refractivity contribution in [1.82, 2.24) is 5.32 Å². The molecule has 0 rings (SSSR count). The minimum Gasteiger partial charge on any atom is -0.444 e. The van der Waals surface area contributed by atoms with Crippen molar-refractivity contribution in [3.05, 3.63) is 0 Å². The Hall–Kier alpha value is -1.06. The zero-order chi connectivity index (χ0) is 15.4. The summed E-state index contributed by atoms with van der Waals surface area (Å²) in [6, 6.07) is 0. The van der Waals surface area contributed by atoms with Crippen molar-refractivity contribution < 1.29 is 14.3 Å². The van der Waals surface area contributed by atoms with E-state index in [1.165, 1.54) is 0 Å². The number of alkyl carbamates (subject to hydrolysis) is 1. The molecule has 0 aromatic rings. The Morgan fingerprint density at radius 2 is 1.55 bits per heavy atom. The molecule has 0 fully saturated rings. The van der Waals surface area contributed by atoms with Crippen molar-refractivity contribution >= 4 is 11.9 Å². The average molecular weight is 285 g/mol. The van der Waals surface area contributed by atoms with Crippen LogP contribution >= 0.6 is 0 Å². The van der Waals surface area contributed by atoms with Crippen molar-refractivity contribution in [1.29, 1.82) is 0 Å². The highest BCUT2D eigenvalue weighted by Crippen LogP contribution is 2.08. The summed E-state index contributed by atoms with van der Waals surface area (Å²) in [5, 5.41) is 2.74. The first-order chi connectivity index (χ1) is 9.35. The van der Waals surface area contributed by atoms with Crippen LogP contribution in [0.3, 0.4) is 0 Å². The number of ether oxygens (including phenoxy) is 1. The molecular weight excluding hydrogens is 254 g/mol. The average Bonchev–Trinajstić information content (AvgIpc) is 2.33. The van der Waals surface area contributed by atoms with Gasteiger partial charge in [-0.1, -0.05) is 26.2 Å². The third-order valence-electron chi connectivity index (χ3n) is 2.86. The molecule has 0 aliphatic heterocycles. The first-order valence-electron chi connectivity index (χ1n) is 7.83. The van der Waals surface area contributed by atoms with E-state index in [2.05, 4.69) is 12.2 Å². The number of amides is 1. The molecule has 4 heteroatoms. The van der Waals surface area contributed by atoms with Crippen LogP contribution in [0.5, 0.6) is 0 Å². The van der Waals surface area contributed by atoms with E-state index in [0.29, 0.717) is 18.7 Å². The summed E-state index contributed by atoms with van der Waals surface area (Å²) in [6.07, 6.45) is 7.17. The number of rotatable bonds is 10. The molecule has 1 N–H and O–H groups in total. The van der Waals surface area contributed by atoms with Crippen molar-refractivity contribution in [2.45, 2.75) is 84.7 Å². The molecule has 0 aromatic heterocycles. The fourth-order valence-electron chi connectivity index (χ4n) is 1.80. The number of carbonyl (C=O) groups is 2. The first-order valence-corrected chi connectivity index (χ1v) is 7.83. The van der Waals surface area contributed by atoms with Crippen LogP contribution in [0.1, 0.15) is 79.1 Å². The minimum atomic E-state index is -0.442. The van der Waals surface area contributed by atoms with Gasteiger partial charge in [0, 0.05) is 19.4 Å². The normalized spacial score (nSPS) is 11.2. The highest BCUT2D eigenvalue weighted by atomic mass is 16.6. The Labute approximate surface area is 123 Å². The van der Waals surface area contributed by atoms with E-state index < -0.39 is 5.60 Å². The molecule has 0 unspecified atom stereocenters. The van der Waals surface area contributed by atoms with E-state index in [1.807, 2.05) is 20.8 Å². The molecule has 0 radical (unpaired) electrons. The fourth-order valence-corrected chi connectivity index (χ4v) is 1.80. The van der Waals surface area contributed by atoms with E-state index in [0.717, 1.165) is 44.9 Å². The van der Waals surface area contributed by atoms with Gasteiger partial charge < -0.3 is 10.1 Å². The summed E-state index contributed by atoms with van der Waals surface area (Å²) in [4.78, 5) is 22.8. The van der Waals surface area contributed by atoms with Gasteiger partial charge in [0.05, 0.1) is 0 Å². The lowest BCUT2D eigenvalue weighted by Gasteiger charge is -2.19. The Morgan fingerprint density at radius 1 is 0.950 bits per heavy atom. The van der Waals surface area contributed by atoms with Crippen LogP contribution in [-0.2, 0) is 9.53 Å². The summed E-state index contributed by atoms with van der Waals surface area (Å²) in [5.74, 6) is 0.388. The Balaban J connectivity index is 3.37. The number of carbonyl (C=O) groups excluding carboxylic acids is 2. The van der Waals surface area contributed by atoms with Crippen LogP contribution < -0.4 is 5.32 Å². The largest absolute Gasteiger partial charge is 0.444 e.